The zero-order valence-corrected chi connectivity index (χ0v) is 13.6. The van der Waals surface area contributed by atoms with Crippen LogP contribution in [0, 0.1) is 5.92 Å². The highest BCUT2D eigenvalue weighted by Gasteiger charge is 2.19. The fourth-order valence-electron chi connectivity index (χ4n) is 2.51. The average Bonchev–Trinajstić information content (AvgIpc) is 2.60. The van der Waals surface area contributed by atoms with Crippen LogP contribution in [0.5, 0.6) is 11.5 Å². The van der Waals surface area contributed by atoms with Gasteiger partial charge in [-0.25, -0.2) is 0 Å². The first-order valence-corrected chi connectivity index (χ1v) is 7.50. The van der Waals surface area contributed by atoms with E-state index in [1.165, 1.54) is 4.90 Å². The molecule has 0 N–H and O–H groups in total. The Bertz CT molecular complexity index is 648. The maximum atomic E-state index is 12.4. The van der Waals surface area contributed by atoms with Gasteiger partial charge in [-0.05, 0) is 24.1 Å². The molecule has 0 saturated heterocycles. The zero-order valence-electron chi connectivity index (χ0n) is 13.6. The van der Waals surface area contributed by atoms with Crippen LogP contribution in [0.1, 0.15) is 18.9 Å². The largest absolute Gasteiger partial charge is 0.493 e. The Morgan fingerprint density at radius 1 is 1.26 bits per heavy atom. The van der Waals surface area contributed by atoms with Crippen molar-refractivity contribution >= 4 is 12.2 Å². The Kier molecular flexibility index (Phi) is 5.57. The van der Waals surface area contributed by atoms with Crippen LogP contribution in [0.2, 0.25) is 0 Å². The van der Waals surface area contributed by atoms with Crippen molar-refractivity contribution in [1.29, 1.82) is 0 Å². The van der Waals surface area contributed by atoms with Crippen LogP contribution in [0.25, 0.3) is 0 Å². The molecule has 1 amide bonds. The van der Waals surface area contributed by atoms with Gasteiger partial charge < -0.3 is 9.47 Å². The van der Waals surface area contributed by atoms with Crippen LogP contribution in [0.4, 0.5) is 0 Å². The summed E-state index contributed by atoms with van der Waals surface area (Å²) in [5.41, 5.74) is 1.44. The van der Waals surface area contributed by atoms with Gasteiger partial charge in [0.1, 0.15) is 6.29 Å². The van der Waals surface area contributed by atoms with Gasteiger partial charge in [0.15, 0.2) is 11.5 Å². The minimum Gasteiger partial charge on any atom is -0.493 e. The second kappa shape index (κ2) is 7.63. The molecule has 5 nitrogen and oxygen atoms in total. The summed E-state index contributed by atoms with van der Waals surface area (Å²) in [5.74, 6) is 1.18. The topological polar surface area (TPSA) is 55.8 Å². The smallest absolute Gasteiger partial charge is 0.234 e. The number of nitrogens with zero attached hydrogens (tertiary/aromatic N) is 1. The molecule has 1 aliphatic rings. The molecule has 5 heteroatoms. The number of rotatable bonds is 6. The number of benzene rings is 1. The normalized spacial score (nSPS) is 16.7. The van der Waals surface area contributed by atoms with E-state index < -0.39 is 0 Å². The van der Waals surface area contributed by atoms with E-state index in [4.69, 9.17) is 9.47 Å². The number of hydrogen-bond acceptors (Lipinski definition) is 4. The summed E-state index contributed by atoms with van der Waals surface area (Å²) in [6.45, 7) is 2.01. The molecule has 0 bridgehead atoms. The van der Waals surface area contributed by atoms with E-state index in [1.807, 2.05) is 19.1 Å². The van der Waals surface area contributed by atoms with Crippen molar-refractivity contribution in [1.82, 2.24) is 4.90 Å². The second-order valence-electron chi connectivity index (χ2n) is 5.27. The first kappa shape index (κ1) is 16.8. The standard InChI is InChI=1S/C18H21NO4/c1-4-14-7-8-19(11-15(14)12-20)18(21)10-13-5-6-16(22-2)17(9-13)23-3/h5-9,11-12,14H,4,10H2,1-3H3/t14-/m1/s1. The third kappa shape index (κ3) is 3.80. The van der Waals surface area contributed by atoms with Gasteiger partial charge in [-0.3, -0.25) is 14.5 Å². The third-order valence-corrected chi connectivity index (χ3v) is 3.86. The number of methoxy groups -OCH3 is 2. The Hall–Kier alpha value is -2.56. The van der Waals surface area contributed by atoms with Crippen LogP contribution >= 0.6 is 0 Å². The van der Waals surface area contributed by atoms with Gasteiger partial charge in [-0.2, -0.15) is 0 Å². The number of carbonyl (C=O) groups excluding carboxylic acids is 2. The highest BCUT2D eigenvalue weighted by molar-refractivity contribution is 5.84. The zero-order chi connectivity index (χ0) is 16.8. The van der Waals surface area contributed by atoms with Gasteiger partial charge >= 0.3 is 0 Å². The van der Waals surface area contributed by atoms with E-state index >= 15 is 0 Å². The summed E-state index contributed by atoms with van der Waals surface area (Å²) in [7, 11) is 3.12. The molecule has 2 rings (SSSR count). The quantitative estimate of drug-likeness (QED) is 0.757. The van der Waals surface area contributed by atoms with Crippen molar-refractivity contribution < 1.29 is 19.1 Å². The van der Waals surface area contributed by atoms with Crippen molar-refractivity contribution in [3.63, 3.8) is 0 Å². The summed E-state index contributed by atoms with van der Waals surface area (Å²) in [6, 6.07) is 5.38. The number of allylic oxidation sites excluding steroid dienone is 2. The molecule has 1 aromatic rings. The highest BCUT2D eigenvalue weighted by Crippen LogP contribution is 2.28. The summed E-state index contributed by atoms with van der Waals surface area (Å²) in [5, 5.41) is 0. The number of aldehydes is 1. The van der Waals surface area contributed by atoms with Gasteiger partial charge in [-0.1, -0.05) is 19.1 Å². The Labute approximate surface area is 136 Å². The maximum Gasteiger partial charge on any atom is 0.234 e. The van der Waals surface area contributed by atoms with Gasteiger partial charge in [0.2, 0.25) is 5.91 Å². The molecule has 0 radical (unpaired) electrons. The predicted octanol–water partition coefficient (Wildman–Crippen LogP) is 2.71. The minimum absolute atomic E-state index is 0.0811. The number of ether oxygens (including phenoxy) is 2. The molecule has 23 heavy (non-hydrogen) atoms. The Balaban J connectivity index is 2.13. The highest BCUT2D eigenvalue weighted by atomic mass is 16.5. The maximum absolute atomic E-state index is 12.4. The van der Waals surface area contributed by atoms with Crippen LogP contribution in [-0.2, 0) is 16.0 Å². The van der Waals surface area contributed by atoms with Crippen LogP contribution in [0.15, 0.2) is 42.2 Å². The molecule has 1 heterocycles. The van der Waals surface area contributed by atoms with E-state index in [0.29, 0.717) is 17.1 Å². The van der Waals surface area contributed by atoms with Gasteiger partial charge in [0.05, 0.1) is 20.6 Å². The average molecular weight is 315 g/mol. The lowest BCUT2D eigenvalue weighted by molar-refractivity contribution is -0.125. The van der Waals surface area contributed by atoms with Gasteiger partial charge in [0, 0.05) is 23.9 Å². The monoisotopic (exact) mass is 315 g/mol. The van der Waals surface area contributed by atoms with Crippen molar-refractivity contribution in [2.45, 2.75) is 19.8 Å². The van der Waals surface area contributed by atoms with Crippen molar-refractivity contribution in [2.75, 3.05) is 14.2 Å². The van der Waals surface area contributed by atoms with E-state index in [1.54, 1.807) is 38.8 Å². The Morgan fingerprint density at radius 3 is 2.61 bits per heavy atom. The summed E-state index contributed by atoms with van der Waals surface area (Å²) < 4.78 is 10.4. The lowest BCUT2D eigenvalue weighted by Gasteiger charge is -2.22. The molecule has 0 fully saturated rings. The molecule has 0 saturated carbocycles. The van der Waals surface area contributed by atoms with Crippen LogP contribution in [0.3, 0.4) is 0 Å². The molecular weight excluding hydrogens is 294 g/mol. The van der Waals surface area contributed by atoms with Crippen LogP contribution < -0.4 is 9.47 Å². The number of carbonyl (C=O) groups is 2. The molecule has 0 aliphatic carbocycles. The van der Waals surface area contributed by atoms with Gasteiger partial charge in [-0.15, -0.1) is 0 Å². The molecule has 1 aliphatic heterocycles. The van der Waals surface area contributed by atoms with Crippen molar-refractivity contribution in [2.24, 2.45) is 5.92 Å². The first-order valence-electron chi connectivity index (χ1n) is 7.50. The lowest BCUT2D eigenvalue weighted by atomic mass is 9.96. The van der Waals surface area contributed by atoms with Crippen molar-refractivity contribution in [3.8, 4) is 11.5 Å². The molecule has 0 unspecified atom stereocenters. The fourth-order valence-corrected chi connectivity index (χ4v) is 2.51. The van der Waals surface area contributed by atoms with E-state index in [9.17, 15) is 9.59 Å². The first-order chi connectivity index (χ1) is 11.1. The lowest BCUT2D eigenvalue weighted by Crippen LogP contribution is -2.26. The fraction of sp³-hybridized carbons (Fsp3) is 0.333. The van der Waals surface area contributed by atoms with Crippen LogP contribution in [-0.4, -0.2) is 31.3 Å². The number of hydrogen-bond donors (Lipinski definition) is 0. The molecule has 0 aromatic heterocycles. The Morgan fingerprint density at radius 2 is 2.00 bits per heavy atom. The summed E-state index contributed by atoms with van der Waals surface area (Å²) >= 11 is 0. The molecular formula is C18H21NO4. The molecule has 1 aromatic carbocycles. The summed E-state index contributed by atoms with van der Waals surface area (Å²) in [6.07, 6.45) is 7.09. The summed E-state index contributed by atoms with van der Waals surface area (Å²) in [4.78, 5) is 25.0. The van der Waals surface area contributed by atoms with Crippen molar-refractivity contribution in [3.05, 3.63) is 47.8 Å². The van der Waals surface area contributed by atoms with E-state index in [2.05, 4.69) is 0 Å². The number of amides is 1. The SMILES string of the molecule is CC[C@@H]1C=CN(C(=O)Cc2ccc(OC)c(OC)c2)C=C1C=O. The van der Waals surface area contributed by atoms with E-state index in [-0.39, 0.29) is 18.2 Å². The molecule has 0 spiro atoms. The minimum atomic E-state index is -0.109. The van der Waals surface area contributed by atoms with E-state index in [0.717, 1.165) is 18.3 Å². The second-order valence-corrected chi connectivity index (χ2v) is 5.27. The molecule has 122 valence electrons. The predicted molar refractivity (Wildman–Crippen MR) is 87.2 cm³/mol. The molecule has 1 atom stereocenters. The third-order valence-electron chi connectivity index (χ3n) is 3.86. The van der Waals surface area contributed by atoms with Gasteiger partial charge in [0.25, 0.3) is 0 Å².